The van der Waals surface area contributed by atoms with Crippen LogP contribution in [-0.4, -0.2) is 88.9 Å². The summed E-state index contributed by atoms with van der Waals surface area (Å²) in [7, 11) is 4.58. The Kier molecular flexibility index (Phi) is 10.7. The molecule has 2 heterocycles. The van der Waals surface area contributed by atoms with Gasteiger partial charge in [0.2, 0.25) is 5.75 Å². The molecule has 0 spiro atoms. The van der Waals surface area contributed by atoms with E-state index in [1.165, 1.54) is 26.2 Å². The third-order valence-electron chi connectivity index (χ3n) is 6.69. The van der Waals surface area contributed by atoms with E-state index in [-0.39, 0.29) is 24.0 Å². The fourth-order valence-electron chi connectivity index (χ4n) is 4.79. The van der Waals surface area contributed by atoms with Gasteiger partial charge in [0.1, 0.15) is 11.4 Å². The van der Waals surface area contributed by atoms with Crippen molar-refractivity contribution in [1.82, 2.24) is 15.1 Å². The van der Waals surface area contributed by atoms with Crippen LogP contribution in [0.5, 0.6) is 23.0 Å². The van der Waals surface area contributed by atoms with Crippen LogP contribution in [-0.2, 0) is 4.79 Å². The first-order chi connectivity index (χ1) is 18.5. The number of hydrogen-bond donors (Lipinski definition) is 1. The summed E-state index contributed by atoms with van der Waals surface area (Å²) in [4.78, 5) is 31.5. The molecule has 2 aliphatic heterocycles. The minimum Gasteiger partial charge on any atom is -0.493 e. The average molecular weight is 561 g/mol. The highest BCUT2D eigenvalue weighted by atomic mass is 35.5. The van der Waals surface area contributed by atoms with Gasteiger partial charge in [-0.05, 0) is 55.8 Å². The number of anilines is 1. The van der Waals surface area contributed by atoms with Crippen LogP contribution in [0.4, 0.5) is 10.5 Å². The van der Waals surface area contributed by atoms with E-state index in [0.29, 0.717) is 42.4 Å². The molecule has 1 N–H and O–H groups in total. The van der Waals surface area contributed by atoms with E-state index in [0.717, 1.165) is 44.2 Å². The highest BCUT2D eigenvalue weighted by Crippen LogP contribution is 2.39. The quantitative estimate of drug-likeness (QED) is 0.329. The number of halogens is 1. The number of rotatable bonds is 11. The summed E-state index contributed by atoms with van der Waals surface area (Å²) in [5.41, 5.74) is 1.99. The van der Waals surface area contributed by atoms with Crippen LogP contribution < -0.4 is 29.2 Å². The molecule has 0 saturated carbocycles. The first-order valence-corrected chi connectivity index (χ1v) is 12.8. The van der Waals surface area contributed by atoms with Gasteiger partial charge in [-0.15, -0.1) is 12.4 Å². The zero-order valence-corrected chi connectivity index (χ0v) is 23.7. The van der Waals surface area contributed by atoms with Gasteiger partial charge >= 0.3 is 6.03 Å². The normalized spacial score (nSPS) is 16.7. The Balaban J connectivity index is 0.00000420. The van der Waals surface area contributed by atoms with Crippen molar-refractivity contribution in [2.45, 2.75) is 13.3 Å². The molecule has 0 atom stereocenters. The summed E-state index contributed by atoms with van der Waals surface area (Å²) < 4.78 is 21.9. The lowest BCUT2D eigenvalue weighted by Gasteiger charge is -2.36. The van der Waals surface area contributed by atoms with Crippen molar-refractivity contribution in [3.63, 3.8) is 0 Å². The molecule has 0 bridgehead atoms. The molecule has 2 saturated heterocycles. The summed E-state index contributed by atoms with van der Waals surface area (Å²) in [5, 5.41) is 2.69. The minimum absolute atomic E-state index is 0. The number of benzene rings is 2. The molecule has 11 heteroatoms. The molecule has 212 valence electrons. The molecule has 39 heavy (non-hydrogen) atoms. The molecule has 2 aliphatic rings. The van der Waals surface area contributed by atoms with Crippen LogP contribution in [0.3, 0.4) is 0 Å². The Morgan fingerprint density at radius 1 is 0.897 bits per heavy atom. The van der Waals surface area contributed by atoms with Crippen molar-refractivity contribution in [2.75, 3.05) is 72.1 Å². The summed E-state index contributed by atoms with van der Waals surface area (Å²) in [6, 6.07) is 11.2. The van der Waals surface area contributed by atoms with Gasteiger partial charge in [0, 0.05) is 32.7 Å². The highest BCUT2D eigenvalue weighted by molar-refractivity contribution is 6.14. The number of hydrogen-bond acceptors (Lipinski definition) is 8. The first-order valence-electron chi connectivity index (χ1n) is 12.8. The smallest absolute Gasteiger partial charge is 0.329 e. The second-order valence-corrected chi connectivity index (χ2v) is 8.99. The number of ether oxygens (including phenoxy) is 4. The SMILES string of the molecule is CCOc1ccccc1N1CCN(CCCN2C(=O)N/C(=C/c3cc(OC)c(OC)c(OC)c3)C2=O)CC1.Cl. The molecular weight excluding hydrogens is 524 g/mol. The van der Waals surface area contributed by atoms with Gasteiger partial charge in [-0.25, -0.2) is 4.79 Å². The second-order valence-electron chi connectivity index (χ2n) is 8.99. The summed E-state index contributed by atoms with van der Waals surface area (Å²) >= 11 is 0. The third kappa shape index (κ3) is 6.88. The number of nitrogens with zero attached hydrogens (tertiary/aromatic N) is 3. The van der Waals surface area contributed by atoms with Crippen molar-refractivity contribution in [2.24, 2.45) is 0 Å². The van der Waals surface area contributed by atoms with Gasteiger partial charge in [0.15, 0.2) is 11.5 Å². The molecular formula is C28H37ClN4O6. The van der Waals surface area contributed by atoms with E-state index < -0.39 is 6.03 Å². The first kappa shape index (κ1) is 29.9. The summed E-state index contributed by atoms with van der Waals surface area (Å²) in [6.45, 7) is 7.41. The fourth-order valence-corrected chi connectivity index (χ4v) is 4.79. The maximum absolute atomic E-state index is 13.0. The topological polar surface area (TPSA) is 92.8 Å². The monoisotopic (exact) mass is 560 g/mol. The zero-order chi connectivity index (χ0) is 27.1. The highest BCUT2D eigenvalue weighted by Gasteiger charge is 2.33. The molecule has 3 amide bonds. The predicted molar refractivity (Wildman–Crippen MR) is 152 cm³/mol. The standard InChI is InChI=1S/C28H36N4O6.ClH/c1-5-38-23-10-7-6-9-22(23)31-15-13-30(14-16-31)11-8-12-32-27(33)21(29-28(32)34)17-20-18-24(35-2)26(37-4)25(19-20)36-3;/h6-7,9-10,17-19H,5,8,11-16H2,1-4H3,(H,29,34);1H/b21-17+;. The van der Waals surface area contributed by atoms with Gasteiger partial charge in [0.05, 0.1) is 33.6 Å². The molecule has 2 aromatic rings. The van der Waals surface area contributed by atoms with Crippen molar-refractivity contribution in [1.29, 1.82) is 0 Å². The average Bonchev–Trinajstić information content (AvgIpc) is 3.20. The summed E-state index contributed by atoms with van der Waals surface area (Å²) in [6.07, 6.45) is 2.32. The number of amides is 3. The van der Waals surface area contributed by atoms with Crippen molar-refractivity contribution >= 4 is 36.1 Å². The number of para-hydroxylation sites is 2. The van der Waals surface area contributed by atoms with Crippen LogP contribution in [0.15, 0.2) is 42.1 Å². The van der Waals surface area contributed by atoms with E-state index in [1.807, 2.05) is 25.1 Å². The van der Waals surface area contributed by atoms with Crippen LogP contribution in [0.1, 0.15) is 18.9 Å². The Morgan fingerprint density at radius 2 is 1.56 bits per heavy atom. The number of methoxy groups -OCH3 is 3. The van der Waals surface area contributed by atoms with Crippen molar-refractivity contribution < 1.29 is 28.5 Å². The van der Waals surface area contributed by atoms with Gasteiger partial charge in [-0.1, -0.05) is 12.1 Å². The Morgan fingerprint density at radius 3 is 2.18 bits per heavy atom. The van der Waals surface area contributed by atoms with Gasteiger partial charge in [-0.2, -0.15) is 0 Å². The molecule has 0 aromatic heterocycles. The lowest BCUT2D eigenvalue weighted by Crippen LogP contribution is -2.47. The van der Waals surface area contributed by atoms with E-state index >= 15 is 0 Å². The zero-order valence-electron chi connectivity index (χ0n) is 22.9. The molecule has 0 unspecified atom stereocenters. The largest absolute Gasteiger partial charge is 0.493 e. The number of nitrogens with one attached hydrogen (secondary N) is 1. The van der Waals surface area contributed by atoms with Gasteiger partial charge < -0.3 is 29.2 Å². The minimum atomic E-state index is -0.411. The Hall–Kier alpha value is -3.63. The third-order valence-corrected chi connectivity index (χ3v) is 6.69. The number of carbonyl (C=O) groups is 2. The second kappa shape index (κ2) is 14.0. The molecule has 4 rings (SSSR count). The number of carbonyl (C=O) groups excluding carboxylic acids is 2. The fraction of sp³-hybridized carbons (Fsp3) is 0.429. The Bertz CT molecular complexity index is 1160. The summed E-state index contributed by atoms with van der Waals surface area (Å²) in [5.74, 6) is 1.96. The van der Waals surface area contributed by atoms with Crippen LogP contribution in [0, 0.1) is 0 Å². The van der Waals surface area contributed by atoms with E-state index in [4.69, 9.17) is 18.9 Å². The van der Waals surface area contributed by atoms with Gasteiger partial charge in [0.25, 0.3) is 5.91 Å². The molecule has 2 aromatic carbocycles. The van der Waals surface area contributed by atoms with Gasteiger partial charge in [-0.3, -0.25) is 14.6 Å². The van der Waals surface area contributed by atoms with Crippen molar-refractivity contribution in [3.8, 4) is 23.0 Å². The number of urea groups is 1. The molecule has 0 radical (unpaired) electrons. The molecule has 10 nitrogen and oxygen atoms in total. The number of piperazine rings is 1. The molecule has 0 aliphatic carbocycles. The Labute approximate surface area is 235 Å². The maximum atomic E-state index is 13.0. The van der Waals surface area contributed by atoms with Crippen LogP contribution in [0.2, 0.25) is 0 Å². The number of imide groups is 1. The maximum Gasteiger partial charge on any atom is 0.329 e. The van der Waals surface area contributed by atoms with Crippen LogP contribution in [0.25, 0.3) is 6.08 Å². The van der Waals surface area contributed by atoms with E-state index in [1.54, 1.807) is 18.2 Å². The van der Waals surface area contributed by atoms with E-state index in [9.17, 15) is 9.59 Å². The van der Waals surface area contributed by atoms with Crippen molar-refractivity contribution in [3.05, 3.63) is 47.7 Å². The lowest BCUT2D eigenvalue weighted by molar-refractivity contribution is -0.122. The van der Waals surface area contributed by atoms with Crippen LogP contribution >= 0.6 is 12.4 Å². The van der Waals surface area contributed by atoms with E-state index in [2.05, 4.69) is 21.2 Å². The molecule has 2 fully saturated rings. The predicted octanol–water partition coefficient (Wildman–Crippen LogP) is 3.64. The lowest BCUT2D eigenvalue weighted by atomic mass is 10.1.